The van der Waals surface area contributed by atoms with Gasteiger partial charge >= 0.3 is 0 Å². The molecule has 0 aliphatic carbocycles. The largest absolute Gasteiger partial charge is 0.479 e. The molecule has 23 heavy (non-hydrogen) atoms. The zero-order chi connectivity index (χ0) is 16.4. The van der Waals surface area contributed by atoms with Crippen LogP contribution in [0.1, 0.15) is 18.1 Å². The number of para-hydroxylation sites is 1. The average molecular weight is 310 g/mol. The van der Waals surface area contributed by atoms with E-state index in [1.54, 1.807) is 25.1 Å². The number of carbonyl (C=O) groups excluding carboxylic acids is 2. The third-order valence-electron chi connectivity index (χ3n) is 3.67. The van der Waals surface area contributed by atoms with Gasteiger partial charge in [-0.3, -0.25) is 9.59 Å². The molecule has 1 aliphatic rings. The van der Waals surface area contributed by atoms with Crippen molar-refractivity contribution in [1.82, 2.24) is 0 Å². The molecule has 0 radical (unpaired) electrons. The van der Waals surface area contributed by atoms with Crippen LogP contribution in [0.5, 0.6) is 5.75 Å². The minimum Gasteiger partial charge on any atom is -0.479 e. The number of carbonyl (C=O) groups is 2. The molecule has 0 fully saturated rings. The Morgan fingerprint density at radius 2 is 2.04 bits per heavy atom. The highest BCUT2D eigenvalue weighted by Crippen LogP contribution is 2.36. The van der Waals surface area contributed by atoms with Crippen molar-refractivity contribution in [3.8, 4) is 5.75 Å². The first-order chi connectivity index (χ1) is 11.0. The fourth-order valence-electron chi connectivity index (χ4n) is 2.53. The first-order valence-corrected chi connectivity index (χ1v) is 7.49. The van der Waals surface area contributed by atoms with Gasteiger partial charge in [0.25, 0.3) is 5.91 Å². The van der Waals surface area contributed by atoms with Crippen molar-refractivity contribution >= 4 is 23.2 Å². The Morgan fingerprint density at radius 3 is 2.83 bits per heavy atom. The van der Waals surface area contributed by atoms with Crippen molar-refractivity contribution in [3.63, 3.8) is 0 Å². The molecule has 0 saturated carbocycles. The summed E-state index contributed by atoms with van der Waals surface area (Å²) < 4.78 is 5.54. The predicted octanol–water partition coefficient (Wildman–Crippen LogP) is 2.90. The van der Waals surface area contributed by atoms with Crippen LogP contribution in [0.3, 0.4) is 0 Å². The van der Waals surface area contributed by atoms with E-state index in [0.29, 0.717) is 17.1 Å². The van der Waals surface area contributed by atoms with Crippen molar-refractivity contribution in [2.75, 3.05) is 10.6 Å². The van der Waals surface area contributed by atoms with Crippen LogP contribution in [0.2, 0.25) is 0 Å². The number of ether oxygens (including phenoxy) is 1. The standard InChI is InChI=1S/C18H18N2O3/c1-11-5-3-6-13(9-11)10-16(21)19-14-7-4-8-15-17(14)20-18(22)12(2)23-15/h3-9,12H,10H2,1-2H3,(H,19,21)(H,20,22). The van der Waals surface area contributed by atoms with E-state index in [4.69, 9.17) is 4.74 Å². The minimum absolute atomic E-state index is 0.142. The molecule has 2 N–H and O–H groups in total. The summed E-state index contributed by atoms with van der Waals surface area (Å²) in [5.74, 6) is 0.195. The van der Waals surface area contributed by atoms with Gasteiger partial charge in [-0.15, -0.1) is 0 Å². The van der Waals surface area contributed by atoms with E-state index in [1.807, 2.05) is 31.2 Å². The number of aryl methyl sites for hydroxylation is 1. The van der Waals surface area contributed by atoms with Gasteiger partial charge in [-0.05, 0) is 31.5 Å². The molecule has 118 valence electrons. The van der Waals surface area contributed by atoms with Crippen molar-refractivity contribution < 1.29 is 14.3 Å². The topological polar surface area (TPSA) is 67.4 Å². The summed E-state index contributed by atoms with van der Waals surface area (Å²) in [5, 5.41) is 5.62. The lowest BCUT2D eigenvalue weighted by Gasteiger charge is -2.25. The number of hydrogen-bond donors (Lipinski definition) is 2. The van der Waals surface area contributed by atoms with Gasteiger partial charge in [0.05, 0.1) is 12.1 Å². The third-order valence-corrected chi connectivity index (χ3v) is 3.67. The molecular weight excluding hydrogens is 292 g/mol. The maximum Gasteiger partial charge on any atom is 0.265 e. The second-order valence-electron chi connectivity index (χ2n) is 5.64. The van der Waals surface area contributed by atoms with E-state index < -0.39 is 6.10 Å². The van der Waals surface area contributed by atoms with Gasteiger partial charge in [0.15, 0.2) is 6.10 Å². The lowest BCUT2D eigenvalue weighted by Crippen LogP contribution is -2.35. The van der Waals surface area contributed by atoms with Gasteiger partial charge in [0, 0.05) is 0 Å². The van der Waals surface area contributed by atoms with Crippen LogP contribution >= 0.6 is 0 Å². The highest BCUT2D eigenvalue weighted by Gasteiger charge is 2.25. The van der Waals surface area contributed by atoms with Crippen LogP contribution in [-0.4, -0.2) is 17.9 Å². The zero-order valence-electron chi connectivity index (χ0n) is 13.1. The predicted molar refractivity (Wildman–Crippen MR) is 88.7 cm³/mol. The van der Waals surface area contributed by atoms with Gasteiger partial charge in [-0.1, -0.05) is 35.9 Å². The van der Waals surface area contributed by atoms with Crippen LogP contribution in [0.15, 0.2) is 42.5 Å². The van der Waals surface area contributed by atoms with E-state index in [-0.39, 0.29) is 18.2 Å². The summed E-state index contributed by atoms with van der Waals surface area (Å²) >= 11 is 0. The van der Waals surface area contributed by atoms with E-state index >= 15 is 0 Å². The van der Waals surface area contributed by atoms with Crippen molar-refractivity contribution in [2.24, 2.45) is 0 Å². The Bertz CT molecular complexity index is 771. The first-order valence-electron chi connectivity index (χ1n) is 7.49. The molecule has 5 heteroatoms. The monoisotopic (exact) mass is 310 g/mol. The van der Waals surface area contributed by atoms with Crippen molar-refractivity contribution in [3.05, 3.63) is 53.6 Å². The molecule has 0 bridgehead atoms. The number of rotatable bonds is 3. The summed E-state index contributed by atoms with van der Waals surface area (Å²) in [6.07, 6.45) is -0.267. The number of fused-ring (bicyclic) bond motifs is 1. The molecular formula is C18H18N2O3. The van der Waals surface area contributed by atoms with E-state index in [9.17, 15) is 9.59 Å². The SMILES string of the molecule is Cc1cccc(CC(=O)Nc2cccc3c2NC(=O)C(C)O3)c1. The molecule has 1 aliphatic heterocycles. The Morgan fingerprint density at radius 1 is 1.26 bits per heavy atom. The lowest BCUT2D eigenvalue weighted by molar-refractivity contribution is -0.122. The normalized spacial score (nSPS) is 16.1. The van der Waals surface area contributed by atoms with E-state index in [2.05, 4.69) is 10.6 Å². The first kappa shape index (κ1) is 15.1. The Labute approximate surface area is 134 Å². The quantitative estimate of drug-likeness (QED) is 0.916. The summed E-state index contributed by atoms with van der Waals surface area (Å²) in [6.45, 7) is 3.67. The minimum atomic E-state index is -0.541. The highest BCUT2D eigenvalue weighted by molar-refractivity contribution is 6.04. The molecule has 3 rings (SSSR count). The summed E-state index contributed by atoms with van der Waals surface area (Å²) in [5.41, 5.74) is 3.11. The number of amides is 2. The van der Waals surface area contributed by atoms with Gasteiger partial charge in [-0.2, -0.15) is 0 Å². The lowest BCUT2D eigenvalue weighted by atomic mass is 10.1. The molecule has 2 amide bonds. The second-order valence-corrected chi connectivity index (χ2v) is 5.64. The molecule has 5 nitrogen and oxygen atoms in total. The van der Waals surface area contributed by atoms with Crippen LogP contribution in [0.4, 0.5) is 11.4 Å². The molecule has 1 atom stereocenters. The number of hydrogen-bond acceptors (Lipinski definition) is 3. The maximum atomic E-state index is 12.3. The van der Waals surface area contributed by atoms with Gasteiger partial charge in [-0.25, -0.2) is 0 Å². The molecule has 1 unspecified atom stereocenters. The fourth-order valence-corrected chi connectivity index (χ4v) is 2.53. The fraction of sp³-hybridized carbons (Fsp3) is 0.222. The van der Waals surface area contributed by atoms with Crippen LogP contribution in [-0.2, 0) is 16.0 Å². The maximum absolute atomic E-state index is 12.3. The van der Waals surface area contributed by atoms with Crippen molar-refractivity contribution in [1.29, 1.82) is 0 Å². The van der Waals surface area contributed by atoms with Gasteiger partial charge < -0.3 is 15.4 Å². The van der Waals surface area contributed by atoms with Gasteiger partial charge in [0.2, 0.25) is 5.91 Å². The number of anilines is 2. The Balaban J connectivity index is 1.77. The smallest absolute Gasteiger partial charge is 0.265 e. The summed E-state index contributed by atoms with van der Waals surface area (Å²) in [7, 11) is 0. The van der Waals surface area contributed by atoms with Crippen LogP contribution in [0.25, 0.3) is 0 Å². The summed E-state index contributed by atoms with van der Waals surface area (Å²) in [6, 6.07) is 13.1. The van der Waals surface area contributed by atoms with Crippen molar-refractivity contribution in [2.45, 2.75) is 26.4 Å². The van der Waals surface area contributed by atoms with E-state index in [0.717, 1.165) is 11.1 Å². The number of nitrogens with one attached hydrogen (secondary N) is 2. The Hall–Kier alpha value is -2.82. The highest BCUT2D eigenvalue weighted by atomic mass is 16.5. The van der Waals surface area contributed by atoms with Crippen LogP contribution in [0, 0.1) is 6.92 Å². The van der Waals surface area contributed by atoms with E-state index in [1.165, 1.54) is 0 Å². The van der Waals surface area contributed by atoms with Crippen LogP contribution < -0.4 is 15.4 Å². The number of benzene rings is 2. The molecule has 0 spiro atoms. The third kappa shape index (κ3) is 3.34. The molecule has 2 aromatic carbocycles. The molecule has 0 saturated heterocycles. The zero-order valence-corrected chi connectivity index (χ0v) is 13.1. The summed E-state index contributed by atoms with van der Waals surface area (Å²) in [4.78, 5) is 24.0. The second kappa shape index (κ2) is 6.12. The average Bonchev–Trinajstić information content (AvgIpc) is 2.49. The molecule has 0 aromatic heterocycles. The molecule has 1 heterocycles. The molecule has 2 aromatic rings. The van der Waals surface area contributed by atoms with Gasteiger partial charge in [0.1, 0.15) is 11.4 Å². The Kier molecular flexibility index (Phi) is 4.02.